The van der Waals surface area contributed by atoms with Crippen LogP contribution in [0.2, 0.25) is 0 Å². The van der Waals surface area contributed by atoms with Crippen molar-refractivity contribution >= 4 is 11.7 Å². The first-order chi connectivity index (χ1) is 14.3. The van der Waals surface area contributed by atoms with E-state index in [0.717, 1.165) is 23.4 Å². The highest BCUT2D eigenvalue weighted by Crippen LogP contribution is 2.35. The van der Waals surface area contributed by atoms with Gasteiger partial charge in [0.1, 0.15) is 18.2 Å². The maximum atomic E-state index is 13.4. The summed E-state index contributed by atoms with van der Waals surface area (Å²) in [5.41, 5.74) is 6.45. The summed E-state index contributed by atoms with van der Waals surface area (Å²) < 4.78 is 89.3. The monoisotopic (exact) mass is 454 g/mol. The average Bonchev–Trinajstić information content (AvgIpc) is 2.68. The smallest absolute Gasteiger partial charge is 0.490 e. The lowest BCUT2D eigenvalue weighted by Gasteiger charge is -2.31. The topological polar surface area (TPSA) is 75.8 Å². The van der Waals surface area contributed by atoms with E-state index in [2.05, 4.69) is 0 Å². The van der Waals surface area contributed by atoms with Gasteiger partial charge in [-0.2, -0.15) is 26.3 Å². The van der Waals surface area contributed by atoms with Crippen LogP contribution in [-0.2, 0) is 24.1 Å². The molecule has 0 amide bonds. The summed E-state index contributed by atoms with van der Waals surface area (Å²) in [6.07, 6.45) is -9.79. The third-order valence-corrected chi connectivity index (χ3v) is 4.17. The SMILES string of the molecule is NCc1ccc2c(c1)OCCN2Cc1ccc(F)c(C(F)(F)F)c1.O=C(O)C(F)(F)F. The van der Waals surface area contributed by atoms with E-state index in [1.807, 2.05) is 23.1 Å². The van der Waals surface area contributed by atoms with Crippen LogP contribution in [0, 0.1) is 5.82 Å². The zero-order chi connectivity index (χ0) is 23.4. The minimum Gasteiger partial charge on any atom is -0.490 e. The van der Waals surface area contributed by atoms with Crippen LogP contribution < -0.4 is 15.4 Å². The standard InChI is InChI=1S/C17H16F4N2O.C2HF3O2/c18-14-3-1-12(7-13(14)17(19,20)21)10-23-5-6-24-16-8-11(9-22)2-4-15(16)23;3-2(4,5)1(6)7/h1-4,7-8H,5-6,9-10,22H2;(H,6,7). The first-order valence-corrected chi connectivity index (χ1v) is 8.69. The Bertz CT molecular complexity index is 930. The van der Waals surface area contributed by atoms with Gasteiger partial charge >= 0.3 is 18.3 Å². The number of fused-ring (bicyclic) bond motifs is 1. The molecular weight excluding hydrogens is 437 g/mol. The second-order valence-corrected chi connectivity index (χ2v) is 6.39. The number of hydrogen-bond donors (Lipinski definition) is 2. The maximum absolute atomic E-state index is 13.4. The fourth-order valence-corrected chi connectivity index (χ4v) is 2.72. The number of aliphatic carboxylic acids is 1. The number of nitrogens with two attached hydrogens (primary N) is 1. The van der Waals surface area contributed by atoms with Gasteiger partial charge in [-0.3, -0.25) is 0 Å². The molecule has 0 aliphatic carbocycles. The van der Waals surface area contributed by atoms with Crippen molar-refractivity contribution in [2.45, 2.75) is 25.4 Å². The Kier molecular flexibility index (Phi) is 7.37. The van der Waals surface area contributed by atoms with Crippen molar-refractivity contribution in [1.82, 2.24) is 0 Å². The molecule has 0 saturated heterocycles. The number of benzene rings is 2. The third-order valence-electron chi connectivity index (χ3n) is 4.17. The molecule has 170 valence electrons. The van der Waals surface area contributed by atoms with Crippen LogP contribution in [0.4, 0.5) is 36.4 Å². The zero-order valence-electron chi connectivity index (χ0n) is 15.7. The van der Waals surface area contributed by atoms with Gasteiger partial charge < -0.3 is 20.5 Å². The van der Waals surface area contributed by atoms with E-state index in [4.69, 9.17) is 20.4 Å². The van der Waals surface area contributed by atoms with Crippen LogP contribution in [0.1, 0.15) is 16.7 Å². The van der Waals surface area contributed by atoms with Crippen molar-refractivity contribution in [2.24, 2.45) is 5.73 Å². The van der Waals surface area contributed by atoms with E-state index in [-0.39, 0.29) is 6.54 Å². The Morgan fingerprint density at radius 1 is 1.06 bits per heavy atom. The second-order valence-electron chi connectivity index (χ2n) is 6.39. The first-order valence-electron chi connectivity index (χ1n) is 8.69. The number of hydrogen-bond acceptors (Lipinski definition) is 4. The summed E-state index contributed by atoms with van der Waals surface area (Å²) in [6.45, 7) is 1.58. The fourth-order valence-electron chi connectivity index (χ4n) is 2.72. The van der Waals surface area contributed by atoms with Crippen molar-refractivity contribution in [3.8, 4) is 5.75 Å². The number of nitrogens with zero attached hydrogens (tertiary/aromatic N) is 1. The number of carboxylic acid groups (broad SMARTS) is 1. The van der Waals surface area contributed by atoms with Gasteiger partial charge in [0.15, 0.2) is 0 Å². The van der Waals surface area contributed by atoms with E-state index < -0.39 is 29.7 Å². The summed E-state index contributed by atoms with van der Waals surface area (Å²) in [5, 5.41) is 7.12. The molecule has 1 aliphatic heterocycles. The fraction of sp³-hybridized carbons (Fsp3) is 0.316. The van der Waals surface area contributed by atoms with Gasteiger partial charge in [-0.15, -0.1) is 0 Å². The summed E-state index contributed by atoms with van der Waals surface area (Å²) in [4.78, 5) is 10.8. The average molecular weight is 454 g/mol. The molecule has 0 fully saturated rings. The molecular formula is C19H17F7N2O3. The van der Waals surface area contributed by atoms with Crippen LogP contribution in [0.3, 0.4) is 0 Å². The predicted octanol–water partition coefficient (Wildman–Crippen LogP) is 4.34. The van der Waals surface area contributed by atoms with Gasteiger partial charge in [0.05, 0.1) is 17.8 Å². The number of rotatable bonds is 3. The highest BCUT2D eigenvalue weighted by molar-refractivity contribution is 5.73. The molecule has 2 aromatic rings. The minimum atomic E-state index is -5.08. The van der Waals surface area contributed by atoms with Crippen molar-refractivity contribution < 1.29 is 45.4 Å². The van der Waals surface area contributed by atoms with E-state index >= 15 is 0 Å². The predicted molar refractivity (Wildman–Crippen MR) is 96.0 cm³/mol. The largest absolute Gasteiger partial charge is 0.490 e. The van der Waals surface area contributed by atoms with E-state index in [9.17, 15) is 30.7 Å². The molecule has 0 unspecified atom stereocenters. The molecule has 5 nitrogen and oxygen atoms in total. The Morgan fingerprint density at radius 2 is 1.68 bits per heavy atom. The summed E-state index contributed by atoms with van der Waals surface area (Å²) in [7, 11) is 0. The normalized spacial score (nSPS) is 13.6. The van der Waals surface area contributed by atoms with E-state index in [1.54, 1.807) is 0 Å². The third kappa shape index (κ3) is 6.48. The van der Waals surface area contributed by atoms with E-state index in [1.165, 1.54) is 6.07 Å². The molecule has 0 aromatic heterocycles. The number of alkyl halides is 6. The molecule has 0 bridgehead atoms. The lowest BCUT2D eigenvalue weighted by atomic mass is 10.1. The second kappa shape index (κ2) is 9.41. The highest BCUT2D eigenvalue weighted by atomic mass is 19.4. The molecule has 1 heterocycles. The molecule has 0 spiro atoms. The molecule has 0 radical (unpaired) electrons. The molecule has 2 aromatic carbocycles. The van der Waals surface area contributed by atoms with Gasteiger partial charge in [-0.05, 0) is 35.4 Å². The summed E-state index contributed by atoms with van der Waals surface area (Å²) in [5.74, 6) is -3.36. The zero-order valence-corrected chi connectivity index (χ0v) is 15.7. The Hall–Kier alpha value is -3.02. The summed E-state index contributed by atoms with van der Waals surface area (Å²) >= 11 is 0. The summed E-state index contributed by atoms with van der Waals surface area (Å²) in [6, 6.07) is 8.61. The molecule has 12 heteroatoms. The molecule has 0 atom stereocenters. The molecule has 0 saturated carbocycles. The number of ether oxygens (including phenoxy) is 1. The van der Waals surface area contributed by atoms with Crippen LogP contribution in [0.25, 0.3) is 0 Å². The molecule has 1 aliphatic rings. The van der Waals surface area contributed by atoms with Crippen LogP contribution >= 0.6 is 0 Å². The lowest BCUT2D eigenvalue weighted by Crippen LogP contribution is -2.32. The van der Waals surface area contributed by atoms with Gasteiger partial charge in [0, 0.05) is 13.1 Å². The van der Waals surface area contributed by atoms with Crippen molar-refractivity contribution in [3.63, 3.8) is 0 Å². The number of anilines is 1. The lowest BCUT2D eigenvalue weighted by molar-refractivity contribution is -0.192. The van der Waals surface area contributed by atoms with Gasteiger partial charge in [0.2, 0.25) is 0 Å². The van der Waals surface area contributed by atoms with Gasteiger partial charge in [-0.1, -0.05) is 12.1 Å². The Balaban J connectivity index is 0.000000423. The van der Waals surface area contributed by atoms with Crippen molar-refractivity contribution in [1.29, 1.82) is 0 Å². The van der Waals surface area contributed by atoms with Gasteiger partial charge in [-0.25, -0.2) is 9.18 Å². The van der Waals surface area contributed by atoms with Crippen LogP contribution in [-0.4, -0.2) is 30.4 Å². The number of carboxylic acids is 1. The highest BCUT2D eigenvalue weighted by Gasteiger charge is 2.38. The first kappa shape index (κ1) is 24.3. The number of halogens is 7. The van der Waals surface area contributed by atoms with Crippen molar-refractivity contribution in [2.75, 3.05) is 18.1 Å². The molecule has 3 N–H and O–H groups in total. The quantitative estimate of drug-likeness (QED) is 0.676. The van der Waals surface area contributed by atoms with Crippen molar-refractivity contribution in [3.05, 3.63) is 58.9 Å². The van der Waals surface area contributed by atoms with E-state index in [0.29, 0.717) is 31.0 Å². The number of carbonyl (C=O) groups is 1. The minimum absolute atomic E-state index is 0.238. The molecule has 3 rings (SSSR count). The Labute approximate surface area is 171 Å². The Morgan fingerprint density at radius 3 is 2.23 bits per heavy atom. The van der Waals surface area contributed by atoms with Gasteiger partial charge in [0.25, 0.3) is 0 Å². The van der Waals surface area contributed by atoms with Crippen LogP contribution in [0.15, 0.2) is 36.4 Å². The van der Waals surface area contributed by atoms with Crippen LogP contribution in [0.5, 0.6) is 5.75 Å². The molecule has 31 heavy (non-hydrogen) atoms. The maximum Gasteiger partial charge on any atom is 0.490 e.